The summed E-state index contributed by atoms with van der Waals surface area (Å²) in [5.74, 6) is 2.35. The van der Waals surface area contributed by atoms with E-state index < -0.39 is 0 Å². The number of carbonyl (C=O) groups is 1. The van der Waals surface area contributed by atoms with Gasteiger partial charge in [-0.1, -0.05) is 0 Å². The monoisotopic (exact) mass is 140 g/mol. The van der Waals surface area contributed by atoms with Gasteiger partial charge in [0.2, 0.25) is 5.91 Å². The number of hydrogen-bond donors (Lipinski definition) is 2. The van der Waals surface area contributed by atoms with Crippen LogP contribution in [-0.2, 0) is 4.79 Å². The molecule has 1 amide bonds. The molecule has 0 aliphatic heterocycles. The van der Waals surface area contributed by atoms with Gasteiger partial charge >= 0.3 is 0 Å². The molecule has 0 radical (unpaired) electrons. The molecule has 0 bridgehead atoms. The average Bonchev–Trinajstić information content (AvgIpc) is 1.98. The Labute approximate surface area is 61.0 Å². The van der Waals surface area contributed by atoms with Crippen molar-refractivity contribution >= 4 is 5.91 Å². The van der Waals surface area contributed by atoms with Gasteiger partial charge in [-0.25, -0.2) is 0 Å². The lowest BCUT2D eigenvalue weighted by molar-refractivity contribution is -0.119. The number of hydrogen-bond acceptors (Lipinski definition) is 2. The van der Waals surface area contributed by atoms with E-state index >= 15 is 0 Å². The van der Waals surface area contributed by atoms with Gasteiger partial charge in [-0.15, -0.1) is 12.3 Å². The summed E-state index contributed by atoms with van der Waals surface area (Å²) < 4.78 is 0. The Hall–Kier alpha value is -1.01. The van der Waals surface area contributed by atoms with Crippen molar-refractivity contribution in [1.82, 2.24) is 5.32 Å². The number of terminal acetylenes is 1. The van der Waals surface area contributed by atoms with E-state index in [0.717, 1.165) is 6.42 Å². The van der Waals surface area contributed by atoms with Crippen molar-refractivity contribution in [3.8, 4) is 12.3 Å². The predicted octanol–water partition coefficient (Wildman–Crippen LogP) is -0.525. The lowest BCUT2D eigenvalue weighted by Gasteiger charge is -1.99. The van der Waals surface area contributed by atoms with Crippen LogP contribution in [0.3, 0.4) is 0 Å². The van der Waals surface area contributed by atoms with Crippen LogP contribution in [0.15, 0.2) is 0 Å². The molecule has 0 aromatic rings. The first kappa shape index (κ1) is 8.99. The molecule has 0 unspecified atom stereocenters. The lowest BCUT2D eigenvalue weighted by Crippen LogP contribution is -2.30. The molecule has 10 heavy (non-hydrogen) atoms. The minimum absolute atomic E-state index is 0.0516. The smallest absolute Gasteiger partial charge is 0.233 e. The van der Waals surface area contributed by atoms with E-state index in [0.29, 0.717) is 13.0 Å². The number of unbranched alkanes of at least 4 members (excludes halogenated alkanes) is 1. The highest BCUT2D eigenvalue weighted by Crippen LogP contribution is 1.81. The standard InChI is InChI=1S/C7H12N2O/c1-2-3-4-5-9-7(10)6-8/h1H,3-6,8H2,(H,9,10). The quantitative estimate of drug-likeness (QED) is 0.407. The van der Waals surface area contributed by atoms with Crippen LogP contribution in [0.5, 0.6) is 0 Å². The lowest BCUT2D eigenvalue weighted by atomic mass is 10.3. The third kappa shape index (κ3) is 5.13. The topological polar surface area (TPSA) is 55.1 Å². The Bertz CT molecular complexity index is 137. The van der Waals surface area contributed by atoms with Crippen LogP contribution >= 0.6 is 0 Å². The van der Waals surface area contributed by atoms with Crippen molar-refractivity contribution < 1.29 is 4.79 Å². The third-order valence-electron chi connectivity index (χ3n) is 1.01. The van der Waals surface area contributed by atoms with Gasteiger partial charge in [0.15, 0.2) is 0 Å². The summed E-state index contributed by atoms with van der Waals surface area (Å²) in [7, 11) is 0. The van der Waals surface area contributed by atoms with Gasteiger partial charge in [-0.2, -0.15) is 0 Å². The Balaban J connectivity index is 3.05. The summed E-state index contributed by atoms with van der Waals surface area (Å²) in [6.07, 6.45) is 6.51. The van der Waals surface area contributed by atoms with Crippen molar-refractivity contribution in [2.75, 3.05) is 13.1 Å². The van der Waals surface area contributed by atoms with E-state index in [-0.39, 0.29) is 12.5 Å². The molecule has 0 saturated heterocycles. The Morgan fingerprint density at radius 1 is 1.70 bits per heavy atom. The maximum Gasteiger partial charge on any atom is 0.233 e. The Morgan fingerprint density at radius 3 is 2.90 bits per heavy atom. The molecular weight excluding hydrogens is 128 g/mol. The highest BCUT2D eigenvalue weighted by molar-refractivity contribution is 5.77. The number of nitrogens with one attached hydrogen (secondary N) is 1. The van der Waals surface area contributed by atoms with Crippen LogP contribution in [-0.4, -0.2) is 19.0 Å². The van der Waals surface area contributed by atoms with Crippen molar-refractivity contribution in [3.63, 3.8) is 0 Å². The molecule has 0 spiro atoms. The SMILES string of the molecule is C#CCCCNC(=O)CN. The van der Waals surface area contributed by atoms with Gasteiger partial charge in [0.25, 0.3) is 0 Å². The zero-order valence-electron chi connectivity index (χ0n) is 5.89. The van der Waals surface area contributed by atoms with Crippen LogP contribution in [0.2, 0.25) is 0 Å². The van der Waals surface area contributed by atoms with Crippen LogP contribution in [0.4, 0.5) is 0 Å². The van der Waals surface area contributed by atoms with Crippen molar-refractivity contribution in [2.45, 2.75) is 12.8 Å². The molecule has 3 heteroatoms. The van der Waals surface area contributed by atoms with Gasteiger partial charge in [0.1, 0.15) is 0 Å². The van der Waals surface area contributed by atoms with E-state index in [1.807, 2.05) is 0 Å². The van der Waals surface area contributed by atoms with Crippen LogP contribution in [0.1, 0.15) is 12.8 Å². The summed E-state index contributed by atoms with van der Waals surface area (Å²) in [6.45, 7) is 0.677. The van der Waals surface area contributed by atoms with Crippen LogP contribution in [0, 0.1) is 12.3 Å². The van der Waals surface area contributed by atoms with Gasteiger partial charge in [-0.05, 0) is 6.42 Å². The molecule has 0 saturated carbocycles. The van der Waals surface area contributed by atoms with Gasteiger partial charge < -0.3 is 11.1 Å². The fourth-order valence-electron chi connectivity index (χ4n) is 0.490. The summed E-state index contributed by atoms with van der Waals surface area (Å²) in [6, 6.07) is 0. The Kier molecular flexibility index (Phi) is 5.50. The Morgan fingerprint density at radius 2 is 2.40 bits per heavy atom. The van der Waals surface area contributed by atoms with Crippen molar-refractivity contribution in [2.24, 2.45) is 5.73 Å². The second-order valence-electron chi connectivity index (χ2n) is 1.86. The van der Waals surface area contributed by atoms with E-state index in [4.69, 9.17) is 12.2 Å². The first-order valence-electron chi connectivity index (χ1n) is 3.21. The van der Waals surface area contributed by atoms with E-state index in [1.165, 1.54) is 0 Å². The van der Waals surface area contributed by atoms with Gasteiger partial charge in [0, 0.05) is 13.0 Å². The molecular formula is C7H12N2O. The van der Waals surface area contributed by atoms with E-state index in [1.54, 1.807) is 0 Å². The molecule has 56 valence electrons. The molecule has 3 N–H and O–H groups in total. The summed E-state index contributed by atoms with van der Waals surface area (Å²) in [4.78, 5) is 10.5. The molecule has 0 atom stereocenters. The molecule has 0 aromatic carbocycles. The maximum atomic E-state index is 10.5. The molecule has 0 fully saturated rings. The normalized spacial score (nSPS) is 8.40. The second-order valence-corrected chi connectivity index (χ2v) is 1.86. The number of amides is 1. The average molecular weight is 140 g/mol. The molecule has 0 aliphatic rings. The molecule has 0 rings (SSSR count). The summed E-state index contributed by atoms with van der Waals surface area (Å²) in [5.41, 5.74) is 5.03. The number of carbonyl (C=O) groups excluding carboxylic acids is 1. The molecule has 0 heterocycles. The van der Waals surface area contributed by atoms with E-state index in [9.17, 15) is 4.79 Å². The number of nitrogens with two attached hydrogens (primary N) is 1. The second kappa shape index (κ2) is 6.12. The zero-order chi connectivity index (χ0) is 7.82. The van der Waals surface area contributed by atoms with Crippen molar-refractivity contribution in [3.05, 3.63) is 0 Å². The first-order valence-corrected chi connectivity index (χ1v) is 3.21. The number of rotatable bonds is 4. The molecule has 3 nitrogen and oxygen atoms in total. The minimum Gasteiger partial charge on any atom is -0.355 e. The maximum absolute atomic E-state index is 10.5. The highest BCUT2D eigenvalue weighted by atomic mass is 16.1. The highest BCUT2D eigenvalue weighted by Gasteiger charge is 1.92. The van der Waals surface area contributed by atoms with Crippen molar-refractivity contribution in [1.29, 1.82) is 0 Å². The molecule has 0 aliphatic carbocycles. The van der Waals surface area contributed by atoms with Crippen LogP contribution < -0.4 is 11.1 Å². The van der Waals surface area contributed by atoms with Gasteiger partial charge in [-0.3, -0.25) is 4.79 Å². The molecule has 0 aromatic heterocycles. The van der Waals surface area contributed by atoms with E-state index in [2.05, 4.69) is 11.2 Å². The zero-order valence-corrected chi connectivity index (χ0v) is 5.89. The fourth-order valence-corrected chi connectivity index (χ4v) is 0.490. The first-order chi connectivity index (χ1) is 4.81. The summed E-state index contributed by atoms with van der Waals surface area (Å²) in [5, 5.41) is 2.61. The predicted molar refractivity (Wildman–Crippen MR) is 40.1 cm³/mol. The minimum atomic E-state index is -0.128. The third-order valence-corrected chi connectivity index (χ3v) is 1.01. The fraction of sp³-hybridized carbons (Fsp3) is 0.571. The van der Waals surface area contributed by atoms with Crippen LogP contribution in [0.25, 0.3) is 0 Å². The summed E-state index contributed by atoms with van der Waals surface area (Å²) >= 11 is 0. The largest absolute Gasteiger partial charge is 0.355 e. The van der Waals surface area contributed by atoms with Gasteiger partial charge in [0.05, 0.1) is 6.54 Å².